The first-order valence-electron chi connectivity index (χ1n) is 6.02. The van der Waals surface area contributed by atoms with Crippen molar-refractivity contribution < 1.29 is 4.74 Å². The van der Waals surface area contributed by atoms with Crippen molar-refractivity contribution in [3.8, 4) is 0 Å². The molecule has 0 radical (unpaired) electrons. The van der Waals surface area contributed by atoms with Crippen LogP contribution in [0.3, 0.4) is 0 Å². The van der Waals surface area contributed by atoms with Crippen molar-refractivity contribution in [2.45, 2.75) is 38.3 Å². The molecule has 0 spiro atoms. The number of ether oxygens (including phenoxy) is 1. The Hall–Kier alpha value is -0.250. The molecule has 2 nitrogen and oxygen atoms in total. The Balaban J connectivity index is 2.02. The fourth-order valence-electron chi connectivity index (χ4n) is 2.12. The van der Waals surface area contributed by atoms with Crippen molar-refractivity contribution >= 4 is 33.2 Å². The van der Waals surface area contributed by atoms with Gasteiger partial charge in [0.2, 0.25) is 0 Å². The summed E-state index contributed by atoms with van der Waals surface area (Å²) in [5.41, 5.74) is 1.07. The number of halogens is 2. The maximum atomic E-state index is 6.00. The minimum Gasteiger partial charge on any atom is -0.381 e. The van der Waals surface area contributed by atoms with E-state index < -0.39 is 0 Å². The van der Waals surface area contributed by atoms with Crippen LogP contribution >= 0.6 is 27.5 Å². The van der Waals surface area contributed by atoms with Crippen molar-refractivity contribution in [3.63, 3.8) is 0 Å². The van der Waals surface area contributed by atoms with E-state index in [1.807, 2.05) is 18.2 Å². The highest BCUT2D eigenvalue weighted by atomic mass is 79.9. The Morgan fingerprint density at radius 3 is 3.12 bits per heavy atom. The highest BCUT2D eigenvalue weighted by molar-refractivity contribution is 9.10. The third kappa shape index (κ3) is 3.60. The van der Waals surface area contributed by atoms with E-state index in [0.717, 1.165) is 41.1 Å². The molecule has 0 saturated carbocycles. The second-order valence-corrected chi connectivity index (χ2v) is 5.68. The third-order valence-corrected chi connectivity index (χ3v) is 4.04. The van der Waals surface area contributed by atoms with Gasteiger partial charge in [-0.2, -0.15) is 0 Å². The van der Waals surface area contributed by atoms with Crippen LogP contribution in [-0.2, 0) is 4.74 Å². The molecular weight excluding hydrogens is 302 g/mol. The average molecular weight is 319 g/mol. The molecule has 1 heterocycles. The molecule has 0 aliphatic carbocycles. The molecule has 1 fully saturated rings. The summed E-state index contributed by atoms with van der Waals surface area (Å²) in [6, 6.07) is 6.29. The topological polar surface area (TPSA) is 21.3 Å². The van der Waals surface area contributed by atoms with Crippen LogP contribution in [0.1, 0.15) is 26.2 Å². The Morgan fingerprint density at radius 1 is 1.53 bits per heavy atom. The molecule has 0 amide bonds. The Labute approximate surface area is 116 Å². The summed E-state index contributed by atoms with van der Waals surface area (Å²) in [5, 5.41) is 4.30. The van der Waals surface area contributed by atoms with E-state index in [2.05, 4.69) is 28.2 Å². The van der Waals surface area contributed by atoms with E-state index in [9.17, 15) is 0 Å². The quantitative estimate of drug-likeness (QED) is 0.887. The van der Waals surface area contributed by atoms with Crippen LogP contribution in [0.15, 0.2) is 22.7 Å². The first kappa shape index (κ1) is 13.2. The lowest BCUT2D eigenvalue weighted by molar-refractivity contribution is 0.00925. The maximum absolute atomic E-state index is 6.00. The zero-order valence-electron chi connectivity index (χ0n) is 9.88. The van der Waals surface area contributed by atoms with Gasteiger partial charge in [0, 0.05) is 22.1 Å². The normalized spacial score (nSPS) is 24.6. The zero-order valence-corrected chi connectivity index (χ0v) is 12.2. The molecule has 1 aromatic carbocycles. The Bertz CT molecular complexity index is 386. The lowest BCUT2D eigenvalue weighted by atomic mass is 10.0. The van der Waals surface area contributed by atoms with E-state index in [0.29, 0.717) is 12.1 Å². The van der Waals surface area contributed by atoms with Gasteiger partial charge in [-0.25, -0.2) is 0 Å². The molecule has 17 heavy (non-hydrogen) atoms. The molecule has 94 valence electrons. The number of hydrogen-bond donors (Lipinski definition) is 1. The SMILES string of the molecule is CCC1CC(Nc2cc(Cl)ccc2Br)CCO1. The summed E-state index contributed by atoms with van der Waals surface area (Å²) in [6.07, 6.45) is 3.58. The molecule has 2 rings (SSSR count). The average Bonchev–Trinajstić information content (AvgIpc) is 2.34. The van der Waals surface area contributed by atoms with Gasteiger partial charge in [-0.05, 0) is 53.4 Å². The number of anilines is 1. The Kier molecular flexibility index (Phi) is 4.71. The molecule has 1 N–H and O–H groups in total. The van der Waals surface area contributed by atoms with E-state index in [-0.39, 0.29) is 0 Å². The largest absolute Gasteiger partial charge is 0.381 e. The van der Waals surface area contributed by atoms with Gasteiger partial charge in [-0.15, -0.1) is 0 Å². The van der Waals surface area contributed by atoms with Crippen LogP contribution in [0.4, 0.5) is 5.69 Å². The molecule has 4 heteroatoms. The van der Waals surface area contributed by atoms with Crippen LogP contribution in [0.25, 0.3) is 0 Å². The van der Waals surface area contributed by atoms with Crippen LogP contribution in [0.5, 0.6) is 0 Å². The molecule has 1 saturated heterocycles. The third-order valence-electron chi connectivity index (χ3n) is 3.11. The lowest BCUT2D eigenvalue weighted by Gasteiger charge is -2.30. The molecular formula is C13H17BrClNO. The Morgan fingerprint density at radius 2 is 2.35 bits per heavy atom. The standard InChI is InChI=1S/C13H17BrClNO/c1-2-11-8-10(5-6-17-11)16-13-7-9(15)3-4-12(13)14/h3-4,7,10-11,16H,2,5-6,8H2,1H3. The monoisotopic (exact) mass is 317 g/mol. The zero-order chi connectivity index (χ0) is 12.3. The van der Waals surface area contributed by atoms with E-state index in [1.54, 1.807) is 0 Å². The maximum Gasteiger partial charge on any atom is 0.0592 e. The predicted molar refractivity (Wildman–Crippen MR) is 75.8 cm³/mol. The van der Waals surface area contributed by atoms with Gasteiger partial charge in [0.25, 0.3) is 0 Å². The lowest BCUT2D eigenvalue weighted by Crippen LogP contribution is -2.33. The van der Waals surface area contributed by atoms with Gasteiger partial charge in [0.05, 0.1) is 11.8 Å². The molecule has 0 aromatic heterocycles. The fourth-order valence-corrected chi connectivity index (χ4v) is 2.66. The number of hydrogen-bond acceptors (Lipinski definition) is 2. The molecule has 1 aliphatic heterocycles. The first-order valence-corrected chi connectivity index (χ1v) is 7.19. The summed E-state index contributed by atoms with van der Waals surface area (Å²) in [7, 11) is 0. The molecule has 0 bridgehead atoms. The summed E-state index contributed by atoms with van der Waals surface area (Å²) >= 11 is 9.54. The fraction of sp³-hybridized carbons (Fsp3) is 0.538. The van der Waals surface area contributed by atoms with Crippen LogP contribution in [0.2, 0.25) is 5.02 Å². The second kappa shape index (κ2) is 6.07. The van der Waals surface area contributed by atoms with Gasteiger partial charge in [0.1, 0.15) is 0 Å². The minimum atomic E-state index is 0.388. The molecule has 2 unspecified atom stereocenters. The van der Waals surface area contributed by atoms with Gasteiger partial charge in [-0.1, -0.05) is 18.5 Å². The van der Waals surface area contributed by atoms with Crippen LogP contribution in [0, 0.1) is 0 Å². The van der Waals surface area contributed by atoms with Crippen LogP contribution < -0.4 is 5.32 Å². The van der Waals surface area contributed by atoms with E-state index in [4.69, 9.17) is 16.3 Å². The van der Waals surface area contributed by atoms with Gasteiger partial charge < -0.3 is 10.1 Å². The first-order chi connectivity index (χ1) is 8.19. The number of benzene rings is 1. The van der Waals surface area contributed by atoms with Gasteiger partial charge in [-0.3, -0.25) is 0 Å². The van der Waals surface area contributed by atoms with Crippen LogP contribution in [-0.4, -0.2) is 18.8 Å². The van der Waals surface area contributed by atoms with Gasteiger partial charge in [0.15, 0.2) is 0 Å². The summed E-state index contributed by atoms with van der Waals surface area (Å²) in [5.74, 6) is 0. The molecule has 1 aromatic rings. The van der Waals surface area contributed by atoms with Crippen molar-refractivity contribution in [1.29, 1.82) is 0 Å². The highest BCUT2D eigenvalue weighted by Gasteiger charge is 2.21. The smallest absolute Gasteiger partial charge is 0.0592 e. The van der Waals surface area contributed by atoms with E-state index in [1.165, 1.54) is 0 Å². The second-order valence-electron chi connectivity index (χ2n) is 4.39. The summed E-state index contributed by atoms with van der Waals surface area (Å²) < 4.78 is 6.73. The number of nitrogens with one attached hydrogen (secondary N) is 1. The summed E-state index contributed by atoms with van der Waals surface area (Å²) in [4.78, 5) is 0. The van der Waals surface area contributed by atoms with Crippen molar-refractivity contribution in [3.05, 3.63) is 27.7 Å². The minimum absolute atomic E-state index is 0.388. The summed E-state index contributed by atoms with van der Waals surface area (Å²) in [6.45, 7) is 3.01. The number of rotatable bonds is 3. The van der Waals surface area contributed by atoms with Crippen molar-refractivity contribution in [2.24, 2.45) is 0 Å². The highest BCUT2D eigenvalue weighted by Crippen LogP contribution is 2.28. The predicted octanol–water partition coefficient (Wildman–Crippen LogP) is 4.47. The van der Waals surface area contributed by atoms with Gasteiger partial charge >= 0.3 is 0 Å². The van der Waals surface area contributed by atoms with Crippen molar-refractivity contribution in [2.75, 3.05) is 11.9 Å². The molecule has 2 atom stereocenters. The van der Waals surface area contributed by atoms with Crippen molar-refractivity contribution in [1.82, 2.24) is 0 Å². The molecule has 1 aliphatic rings. The van der Waals surface area contributed by atoms with E-state index >= 15 is 0 Å².